The summed E-state index contributed by atoms with van der Waals surface area (Å²) in [6.45, 7) is 5.29. The van der Waals surface area contributed by atoms with Crippen molar-refractivity contribution in [3.8, 4) is 11.5 Å². The molecule has 4 heteroatoms. The average molecular weight is 339 g/mol. The topological polar surface area (TPSA) is 47.6 Å². The van der Waals surface area contributed by atoms with Crippen molar-refractivity contribution in [2.75, 3.05) is 13.3 Å². The second kappa shape index (κ2) is 8.06. The van der Waals surface area contributed by atoms with Gasteiger partial charge in [-0.3, -0.25) is 4.79 Å². The molecule has 3 rings (SSSR count). The van der Waals surface area contributed by atoms with Gasteiger partial charge in [-0.1, -0.05) is 50.2 Å². The lowest BCUT2D eigenvalue weighted by atomic mass is 9.88. The number of fused-ring (bicyclic) bond motifs is 1. The molecule has 132 valence electrons. The molecule has 2 aromatic rings. The van der Waals surface area contributed by atoms with Gasteiger partial charge < -0.3 is 14.8 Å². The Hall–Kier alpha value is -2.49. The minimum Gasteiger partial charge on any atom is -0.454 e. The first-order valence-corrected chi connectivity index (χ1v) is 8.84. The maximum atomic E-state index is 12.4. The highest BCUT2D eigenvalue weighted by Gasteiger charge is 2.21. The van der Waals surface area contributed by atoms with Gasteiger partial charge >= 0.3 is 0 Å². The van der Waals surface area contributed by atoms with Gasteiger partial charge in [-0.2, -0.15) is 0 Å². The Balaban J connectivity index is 1.78. The monoisotopic (exact) mass is 339 g/mol. The lowest BCUT2D eigenvalue weighted by molar-refractivity contribution is -0.121. The van der Waals surface area contributed by atoms with E-state index in [4.69, 9.17) is 9.47 Å². The van der Waals surface area contributed by atoms with E-state index in [0.717, 1.165) is 35.6 Å². The van der Waals surface area contributed by atoms with Crippen LogP contribution >= 0.6 is 0 Å². The van der Waals surface area contributed by atoms with E-state index in [-0.39, 0.29) is 18.6 Å². The lowest BCUT2D eigenvalue weighted by Crippen LogP contribution is -2.27. The number of ether oxygens (including phenoxy) is 2. The number of hydrogen-bond donors (Lipinski definition) is 1. The van der Waals surface area contributed by atoms with Gasteiger partial charge in [0.05, 0.1) is 0 Å². The Morgan fingerprint density at radius 2 is 1.80 bits per heavy atom. The Kier molecular flexibility index (Phi) is 5.59. The molecule has 1 unspecified atom stereocenters. The summed E-state index contributed by atoms with van der Waals surface area (Å²) in [6.07, 6.45) is 1.41. The van der Waals surface area contributed by atoms with E-state index in [1.807, 2.05) is 36.4 Å². The SMILES string of the molecule is CC(C)CCNC(=O)CC(c1ccccc1)c1ccc2c(c1)OCO2. The molecule has 0 aliphatic carbocycles. The molecular weight excluding hydrogens is 314 g/mol. The summed E-state index contributed by atoms with van der Waals surface area (Å²) in [7, 11) is 0. The van der Waals surface area contributed by atoms with Crippen LogP contribution in [0.25, 0.3) is 0 Å². The maximum Gasteiger partial charge on any atom is 0.231 e. The second-order valence-corrected chi connectivity index (χ2v) is 6.81. The minimum atomic E-state index is -0.00486. The summed E-state index contributed by atoms with van der Waals surface area (Å²) < 4.78 is 10.9. The average Bonchev–Trinajstić information content (AvgIpc) is 3.08. The summed E-state index contributed by atoms with van der Waals surface area (Å²) in [5, 5.41) is 3.04. The number of carbonyl (C=O) groups excluding carboxylic acids is 1. The summed E-state index contributed by atoms with van der Waals surface area (Å²) in [5.41, 5.74) is 2.19. The number of carbonyl (C=O) groups is 1. The summed E-state index contributed by atoms with van der Waals surface area (Å²) >= 11 is 0. The fraction of sp³-hybridized carbons (Fsp3) is 0.381. The van der Waals surface area contributed by atoms with Crippen LogP contribution in [0.4, 0.5) is 0 Å². The van der Waals surface area contributed by atoms with Gasteiger partial charge in [0.15, 0.2) is 11.5 Å². The number of rotatable bonds is 7. The molecular formula is C21H25NO3. The number of nitrogens with one attached hydrogen (secondary N) is 1. The molecule has 25 heavy (non-hydrogen) atoms. The molecule has 1 atom stereocenters. The van der Waals surface area contributed by atoms with E-state index in [2.05, 4.69) is 31.3 Å². The van der Waals surface area contributed by atoms with Gasteiger partial charge in [-0.25, -0.2) is 0 Å². The Labute approximate surface area is 149 Å². The van der Waals surface area contributed by atoms with Gasteiger partial charge in [0.2, 0.25) is 12.7 Å². The molecule has 0 fully saturated rings. The Morgan fingerprint density at radius 3 is 2.56 bits per heavy atom. The largest absolute Gasteiger partial charge is 0.454 e. The number of amides is 1. The van der Waals surface area contributed by atoms with Crippen molar-refractivity contribution in [2.45, 2.75) is 32.6 Å². The molecule has 0 aromatic heterocycles. The summed E-state index contributed by atoms with van der Waals surface area (Å²) in [5.74, 6) is 2.16. The fourth-order valence-electron chi connectivity index (χ4n) is 3.00. The van der Waals surface area contributed by atoms with E-state index >= 15 is 0 Å². The van der Waals surface area contributed by atoms with Crippen molar-refractivity contribution in [3.63, 3.8) is 0 Å². The molecule has 1 amide bonds. The first kappa shape index (κ1) is 17.3. The number of benzene rings is 2. The van der Waals surface area contributed by atoms with Crippen LogP contribution in [0, 0.1) is 5.92 Å². The van der Waals surface area contributed by atoms with Crippen LogP contribution in [0.2, 0.25) is 0 Å². The molecule has 0 bridgehead atoms. The zero-order valence-electron chi connectivity index (χ0n) is 14.8. The highest BCUT2D eigenvalue weighted by molar-refractivity contribution is 5.77. The quantitative estimate of drug-likeness (QED) is 0.826. The van der Waals surface area contributed by atoms with Crippen molar-refractivity contribution in [2.24, 2.45) is 5.92 Å². The minimum absolute atomic E-state index is 0.00486. The summed E-state index contributed by atoms with van der Waals surface area (Å²) in [4.78, 5) is 12.4. The van der Waals surface area contributed by atoms with Crippen molar-refractivity contribution >= 4 is 5.91 Å². The maximum absolute atomic E-state index is 12.4. The molecule has 4 nitrogen and oxygen atoms in total. The van der Waals surface area contributed by atoms with E-state index in [1.165, 1.54) is 0 Å². The third-order valence-electron chi connectivity index (χ3n) is 4.43. The molecule has 0 saturated heterocycles. The van der Waals surface area contributed by atoms with Crippen molar-refractivity contribution in [1.82, 2.24) is 5.32 Å². The molecule has 2 aromatic carbocycles. The summed E-state index contributed by atoms with van der Waals surface area (Å²) in [6, 6.07) is 16.1. The van der Waals surface area contributed by atoms with Crippen LogP contribution < -0.4 is 14.8 Å². The predicted molar refractivity (Wildman–Crippen MR) is 97.9 cm³/mol. The normalized spacial score (nSPS) is 13.7. The first-order chi connectivity index (χ1) is 12.1. The van der Waals surface area contributed by atoms with Crippen LogP contribution in [0.1, 0.15) is 43.7 Å². The zero-order chi connectivity index (χ0) is 17.6. The molecule has 0 radical (unpaired) electrons. The molecule has 0 spiro atoms. The highest BCUT2D eigenvalue weighted by Crippen LogP contribution is 2.37. The molecule has 0 saturated carbocycles. The standard InChI is InChI=1S/C21H25NO3/c1-15(2)10-11-22-21(23)13-18(16-6-4-3-5-7-16)17-8-9-19-20(12-17)25-14-24-19/h3-9,12,15,18H,10-11,13-14H2,1-2H3,(H,22,23). The van der Waals surface area contributed by atoms with Crippen LogP contribution in [0.5, 0.6) is 11.5 Å². The van der Waals surface area contributed by atoms with Gasteiger partial charge in [0.25, 0.3) is 0 Å². The highest BCUT2D eigenvalue weighted by atomic mass is 16.7. The van der Waals surface area contributed by atoms with Crippen LogP contribution in [0.15, 0.2) is 48.5 Å². The molecule has 1 aliphatic heterocycles. The second-order valence-electron chi connectivity index (χ2n) is 6.81. The van der Waals surface area contributed by atoms with Crippen LogP contribution in [0.3, 0.4) is 0 Å². The van der Waals surface area contributed by atoms with E-state index < -0.39 is 0 Å². The van der Waals surface area contributed by atoms with E-state index in [1.54, 1.807) is 0 Å². The molecule has 1 heterocycles. The Bertz CT molecular complexity index is 712. The van der Waals surface area contributed by atoms with Crippen molar-refractivity contribution in [3.05, 3.63) is 59.7 Å². The van der Waals surface area contributed by atoms with Crippen LogP contribution in [-0.2, 0) is 4.79 Å². The molecule has 1 N–H and O–H groups in total. The third kappa shape index (κ3) is 4.53. The van der Waals surface area contributed by atoms with Crippen molar-refractivity contribution < 1.29 is 14.3 Å². The smallest absolute Gasteiger partial charge is 0.231 e. The van der Waals surface area contributed by atoms with Gasteiger partial charge in [-0.05, 0) is 35.6 Å². The fourth-order valence-corrected chi connectivity index (χ4v) is 3.00. The number of hydrogen-bond acceptors (Lipinski definition) is 3. The Morgan fingerprint density at radius 1 is 1.04 bits per heavy atom. The lowest BCUT2D eigenvalue weighted by Gasteiger charge is -2.18. The van der Waals surface area contributed by atoms with Gasteiger partial charge in [-0.15, -0.1) is 0 Å². The van der Waals surface area contributed by atoms with Gasteiger partial charge in [0.1, 0.15) is 0 Å². The van der Waals surface area contributed by atoms with Crippen LogP contribution in [-0.4, -0.2) is 19.2 Å². The predicted octanol–water partition coefficient (Wildman–Crippen LogP) is 4.10. The molecule has 1 aliphatic rings. The van der Waals surface area contributed by atoms with E-state index in [9.17, 15) is 4.79 Å². The van der Waals surface area contributed by atoms with E-state index in [0.29, 0.717) is 12.3 Å². The third-order valence-corrected chi connectivity index (χ3v) is 4.43. The zero-order valence-corrected chi connectivity index (χ0v) is 14.8. The van der Waals surface area contributed by atoms with Gasteiger partial charge in [0, 0.05) is 18.9 Å². The van der Waals surface area contributed by atoms with Crippen molar-refractivity contribution in [1.29, 1.82) is 0 Å². The first-order valence-electron chi connectivity index (χ1n) is 8.84.